The van der Waals surface area contributed by atoms with Crippen molar-refractivity contribution in [1.82, 2.24) is 0 Å². The van der Waals surface area contributed by atoms with Gasteiger partial charge in [-0.1, -0.05) is 48.5 Å². The van der Waals surface area contributed by atoms with Crippen molar-refractivity contribution < 1.29 is 20.1 Å². The zero-order chi connectivity index (χ0) is 15.0. The van der Waals surface area contributed by atoms with E-state index in [0.717, 1.165) is 21.5 Å². The Labute approximate surface area is 120 Å². The van der Waals surface area contributed by atoms with Crippen molar-refractivity contribution >= 4 is 27.5 Å². The minimum atomic E-state index is -1.85. The second kappa shape index (κ2) is 5.16. The van der Waals surface area contributed by atoms with E-state index in [1.807, 2.05) is 48.5 Å². The summed E-state index contributed by atoms with van der Waals surface area (Å²) in [7, 11) is 0. The molecule has 0 heterocycles. The average Bonchev–Trinajstić information content (AvgIpc) is 2.52. The highest BCUT2D eigenvalue weighted by atomic mass is 16.4. The van der Waals surface area contributed by atoms with Crippen LogP contribution in [-0.4, -0.2) is 27.4 Å². The first-order chi connectivity index (χ1) is 10.1. The van der Waals surface area contributed by atoms with Crippen LogP contribution in [0.2, 0.25) is 0 Å². The van der Waals surface area contributed by atoms with Gasteiger partial charge in [-0.2, -0.15) is 0 Å². The Hall–Kier alpha value is -2.43. The van der Waals surface area contributed by atoms with E-state index in [2.05, 4.69) is 0 Å². The summed E-state index contributed by atoms with van der Waals surface area (Å²) in [5.41, 5.74) is 0.416. The van der Waals surface area contributed by atoms with Crippen LogP contribution in [0.3, 0.4) is 0 Å². The second-order valence-corrected chi connectivity index (χ2v) is 4.96. The van der Waals surface area contributed by atoms with Gasteiger partial charge in [0.25, 0.3) is 0 Å². The summed E-state index contributed by atoms with van der Waals surface area (Å²) >= 11 is 0. The molecule has 0 saturated heterocycles. The van der Waals surface area contributed by atoms with Crippen LogP contribution in [0.4, 0.5) is 0 Å². The van der Waals surface area contributed by atoms with Gasteiger partial charge in [-0.25, -0.2) is 4.79 Å². The van der Waals surface area contributed by atoms with Gasteiger partial charge in [-0.3, -0.25) is 0 Å². The lowest BCUT2D eigenvalue weighted by molar-refractivity contribution is -0.153. The van der Waals surface area contributed by atoms with Crippen LogP contribution in [-0.2, 0) is 4.79 Å². The molecule has 4 heteroatoms. The minimum Gasteiger partial charge on any atom is -0.479 e. The lowest BCUT2D eigenvalue weighted by Gasteiger charge is -2.18. The molecule has 0 saturated carbocycles. The van der Waals surface area contributed by atoms with Gasteiger partial charge in [-0.15, -0.1) is 0 Å². The van der Waals surface area contributed by atoms with Crippen molar-refractivity contribution in [2.45, 2.75) is 12.2 Å². The van der Waals surface area contributed by atoms with Crippen molar-refractivity contribution in [3.63, 3.8) is 0 Å². The Morgan fingerprint density at radius 3 is 2.10 bits per heavy atom. The van der Waals surface area contributed by atoms with Crippen molar-refractivity contribution in [1.29, 1.82) is 0 Å². The van der Waals surface area contributed by atoms with Gasteiger partial charge in [0.05, 0.1) is 0 Å². The van der Waals surface area contributed by atoms with E-state index in [-0.39, 0.29) is 0 Å². The normalized spacial score (nSPS) is 14.2. The molecule has 3 rings (SSSR count). The maximum Gasteiger partial charge on any atom is 0.335 e. The summed E-state index contributed by atoms with van der Waals surface area (Å²) in [4.78, 5) is 10.9. The molecular formula is C17H14O4. The number of carboxylic acids is 1. The molecule has 4 nitrogen and oxygen atoms in total. The van der Waals surface area contributed by atoms with Crippen LogP contribution in [0.25, 0.3) is 21.5 Å². The summed E-state index contributed by atoms with van der Waals surface area (Å²) in [6.45, 7) is 0. The van der Waals surface area contributed by atoms with Gasteiger partial charge in [0.15, 0.2) is 6.10 Å². The maximum absolute atomic E-state index is 10.9. The molecule has 2 atom stereocenters. The average molecular weight is 282 g/mol. The van der Waals surface area contributed by atoms with E-state index in [9.17, 15) is 15.0 Å². The monoisotopic (exact) mass is 282 g/mol. The molecule has 0 radical (unpaired) electrons. The van der Waals surface area contributed by atoms with Crippen molar-refractivity contribution in [2.24, 2.45) is 0 Å². The number of hydrogen-bond acceptors (Lipinski definition) is 3. The second-order valence-electron chi connectivity index (χ2n) is 4.96. The number of benzene rings is 3. The SMILES string of the molecule is O=C(O)C(O)C(O)c1cc2ccccc2c2ccccc12. The smallest absolute Gasteiger partial charge is 0.335 e. The molecule has 0 amide bonds. The Morgan fingerprint density at radius 2 is 1.43 bits per heavy atom. The molecule has 0 aliphatic carbocycles. The van der Waals surface area contributed by atoms with E-state index in [0.29, 0.717) is 5.56 Å². The largest absolute Gasteiger partial charge is 0.479 e. The van der Waals surface area contributed by atoms with Crippen molar-refractivity contribution in [2.75, 3.05) is 0 Å². The van der Waals surface area contributed by atoms with Crippen LogP contribution in [0, 0.1) is 0 Å². The Kier molecular flexibility index (Phi) is 3.33. The molecule has 3 N–H and O–H groups in total. The predicted molar refractivity (Wildman–Crippen MR) is 80.1 cm³/mol. The quantitative estimate of drug-likeness (QED) is 0.645. The summed E-state index contributed by atoms with van der Waals surface area (Å²) in [6, 6.07) is 16.8. The van der Waals surface area contributed by atoms with E-state index >= 15 is 0 Å². The number of fused-ring (bicyclic) bond motifs is 3. The molecule has 0 aromatic heterocycles. The third-order valence-electron chi connectivity index (χ3n) is 3.67. The van der Waals surface area contributed by atoms with Gasteiger partial charge in [0, 0.05) is 0 Å². The fourth-order valence-corrected chi connectivity index (χ4v) is 2.63. The molecule has 3 aromatic carbocycles. The van der Waals surface area contributed by atoms with E-state index in [4.69, 9.17) is 5.11 Å². The van der Waals surface area contributed by atoms with Gasteiger partial charge in [0.2, 0.25) is 0 Å². The molecular weight excluding hydrogens is 268 g/mol. The number of carbonyl (C=O) groups is 1. The first-order valence-corrected chi connectivity index (χ1v) is 6.59. The summed E-state index contributed by atoms with van der Waals surface area (Å²) in [5, 5.41) is 32.3. The van der Waals surface area contributed by atoms with Crippen LogP contribution >= 0.6 is 0 Å². The molecule has 3 aromatic rings. The Bertz CT molecular complexity index is 825. The highest BCUT2D eigenvalue weighted by Crippen LogP contribution is 2.33. The van der Waals surface area contributed by atoms with Crippen molar-refractivity contribution in [3.8, 4) is 0 Å². The maximum atomic E-state index is 10.9. The standard InChI is InChI=1S/C17H14O4/c18-15(16(19)17(20)21)14-9-10-5-1-2-6-11(10)12-7-3-4-8-13(12)14/h1-9,15-16,18-19H,(H,20,21). The minimum absolute atomic E-state index is 0.416. The fourth-order valence-electron chi connectivity index (χ4n) is 2.63. The zero-order valence-corrected chi connectivity index (χ0v) is 11.1. The third kappa shape index (κ3) is 2.24. The van der Waals surface area contributed by atoms with Crippen LogP contribution in [0.1, 0.15) is 11.7 Å². The van der Waals surface area contributed by atoms with Crippen LogP contribution in [0.5, 0.6) is 0 Å². The molecule has 0 fully saturated rings. The predicted octanol–water partition coefficient (Wildman–Crippen LogP) is 2.47. The summed E-state index contributed by atoms with van der Waals surface area (Å²) in [5.74, 6) is -1.44. The van der Waals surface area contributed by atoms with Gasteiger partial charge >= 0.3 is 5.97 Å². The molecule has 0 spiro atoms. The van der Waals surface area contributed by atoms with Crippen LogP contribution in [0.15, 0.2) is 54.6 Å². The number of aliphatic hydroxyl groups is 2. The molecule has 0 aliphatic rings. The van der Waals surface area contributed by atoms with Crippen LogP contribution < -0.4 is 0 Å². The molecule has 0 aliphatic heterocycles. The summed E-state index contributed by atoms with van der Waals surface area (Å²) < 4.78 is 0. The van der Waals surface area contributed by atoms with Crippen molar-refractivity contribution in [3.05, 3.63) is 60.2 Å². The number of rotatable bonds is 3. The van der Waals surface area contributed by atoms with E-state index < -0.39 is 18.2 Å². The topological polar surface area (TPSA) is 77.8 Å². The molecule has 0 bridgehead atoms. The third-order valence-corrected chi connectivity index (χ3v) is 3.67. The number of aliphatic hydroxyl groups excluding tert-OH is 2. The van der Waals surface area contributed by atoms with Gasteiger partial charge < -0.3 is 15.3 Å². The number of aliphatic carboxylic acids is 1. The highest BCUT2D eigenvalue weighted by Gasteiger charge is 2.26. The fraction of sp³-hybridized carbons (Fsp3) is 0.118. The highest BCUT2D eigenvalue weighted by molar-refractivity contribution is 6.09. The lowest BCUT2D eigenvalue weighted by atomic mass is 9.93. The van der Waals surface area contributed by atoms with Gasteiger partial charge in [0.1, 0.15) is 6.10 Å². The Morgan fingerprint density at radius 1 is 0.857 bits per heavy atom. The summed E-state index contributed by atoms with van der Waals surface area (Å²) in [6.07, 6.45) is -3.33. The first-order valence-electron chi connectivity index (χ1n) is 6.59. The van der Waals surface area contributed by atoms with E-state index in [1.54, 1.807) is 6.07 Å². The number of hydrogen-bond donors (Lipinski definition) is 3. The molecule has 21 heavy (non-hydrogen) atoms. The lowest BCUT2D eigenvalue weighted by Crippen LogP contribution is -2.27. The first kappa shape index (κ1) is 13.5. The van der Waals surface area contributed by atoms with Gasteiger partial charge in [-0.05, 0) is 33.2 Å². The molecule has 106 valence electrons. The zero-order valence-electron chi connectivity index (χ0n) is 11.1. The Balaban J connectivity index is 2.32. The van der Waals surface area contributed by atoms with E-state index in [1.165, 1.54) is 0 Å². The number of carboxylic acid groups (broad SMARTS) is 1. The molecule has 2 unspecified atom stereocenters.